The van der Waals surface area contributed by atoms with Gasteiger partial charge in [0.05, 0.1) is 17.6 Å². The molecular formula is C15H22O5. The van der Waals surface area contributed by atoms with Gasteiger partial charge in [-0.05, 0) is 26.7 Å². The highest BCUT2D eigenvalue weighted by Crippen LogP contribution is 2.49. The maximum Gasteiger partial charge on any atom is 0.168 e. The predicted molar refractivity (Wildman–Crippen MR) is 72.8 cm³/mol. The first kappa shape index (κ1) is 15.2. The summed E-state index contributed by atoms with van der Waals surface area (Å²) in [6, 6.07) is 0. The fraction of sp³-hybridized carbons (Fsp3) is 0.667. The highest BCUT2D eigenvalue weighted by Gasteiger charge is 2.57. The summed E-state index contributed by atoms with van der Waals surface area (Å²) in [4.78, 5) is 12.2. The largest absolute Gasteiger partial charge is 0.488 e. The molecule has 1 saturated heterocycles. The van der Waals surface area contributed by atoms with Crippen molar-refractivity contribution in [3.8, 4) is 0 Å². The maximum atomic E-state index is 12.2. The third-order valence-electron chi connectivity index (χ3n) is 4.29. The van der Waals surface area contributed by atoms with Crippen LogP contribution in [0.25, 0.3) is 0 Å². The van der Waals surface area contributed by atoms with Crippen molar-refractivity contribution in [3.05, 3.63) is 24.5 Å². The summed E-state index contributed by atoms with van der Waals surface area (Å²) in [7, 11) is 0. The van der Waals surface area contributed by atoms with Gasteiger partial charge in [-0.1, -0.05) is 6.08 Å². The second-order valence-corrected chi connectivity index (χ2v) is 6.48. The molecule has 0 bridgehead atoms. The van der Waals surface area contributed by atoms with E-state index in [-0.39, 0.29) is 31.0 Å². The standard InChI is InChI=1S/C15H22O5/c1-4-5-14(9-16)8-15(19)7-12(13(2,3)18)20-11(15)6-10(14)17/h4,6,12,16,18-19H,1,5,7-9H2,2-3H3/t12-,14-,15-/m1/s1. The van der Waals surface area contributed by atoms with E-state index in [2.05, 4.69) is 6.58 Å². The molecule has 2 aliphatic rings. The molecular weight excluding hydrogens is 260 g/mol. The van der Waals surface area contributed by atoms with Gasteiger partial charge in [0.1, 0.15) is 17.5 Å². The van der Waals surface area contributed by atoms with Crippen LogP contribution in [0.5, 0.6) is 0 Å². The zero-order chi connectivity index (χ0) is 15.2. The van der Waals surface area contributed by atoms with Crippen LogP contribution in [0.15, 0.2) is 24.5 Å². The highest BCUT2D eigenvalue weighted by molar-refractivity contribution is 5.97. The Morgan fingerprint density at radius 1 is 1.60 bits per heavy atom. The van der Waals surface area contributed by atoms with E-state index in [1.54, 1.807) is 19.9 Å². The van der Waals surface area contributed by atoms with E-state index in [0.717, 1.165) is 0 Å². The molecule has 0 aromatic rings. The molecule has 1 heterocycles. The molecule has 0 radical (unpaired) electrons. The van der Waals surface area contributed by atoms with Crippen molar-refractivity contribution < 1.29 is 24.9 Å². The van der Waals surface area contributed by atoms with Crippen LogP contribution in [0.2, 0.25) is 0 Å². The first-order chi connectivity index (χ1) is 9.17. The van der Waals surface area contributed by atoms with Crippen LogP contribution in [-0.2, 0) is 9.53 Å². The molecule has 1 aliphatic carbocycles. The molecule has 20 heavy (non-hydrogen) atoms. The Labute approximate surface area is 118 Å². The lowest BCUT2D eigenvalue weighted by molar-refractivity contribution is -0.132. The quantitative estimate of drug-likeness (QED) is 0.660. The number of ether oxygens (including phenoxy) is 1. The summed E-state index contributed by atoms with van der Waals surface area (Å²) in [5.74, 6) is -0.0706. The van der Waals surface area contributed by atoms with E-state index in [1.165, 1.54) is 6.08 Å². The second kappa shape index (κ2) is 4.69. The first-order valence-corrected chi connectivity index (χ1v) is 6.77. The Balaban J connectivity index is 2.35. The van der Waals surface area contributed by atoms with Gasteiger partial charge in [-0.25, -0.2) is 0 Å². The van der Waals surface area contributed by atoms with Gasteiger partial charge in [-0.3, -0.25) is 4.79 Å². The number of aliphatic hydroxyl groups is 3. The Kier molecular flexibility index (Phi) is 3.57. The summed E-state index contributed by atoms with van der Waals surface area (Å²) in [5, 5.41) is 30.4. The van der Waals surface area contributed by atoms with Gasteiger partial charge in [-0.15, -0.1) is 6.58 Å². The lowest BCUT2D eigenvalue weighted by atomic mass is 9.67. The molecule has 5 heteroatoms. The first-order valence-electron chi connectivity index (χ1n) is 6.77. The Bertz CT molecular complexity index is 461. The van der Waals surface area contributed by atoms with E-state index in [9.17, 15) is 20.1 Å². The second-order valence-electron chi connectivity index (χ2n) is 6.48. The molecule has 112 valence electrons. The minimum atomic E-state index is -1.32. The van der Waals surface area contributed by atoms with Gasteiger partial charge in [0.25, 0.3) is 0 Å². The predicted octanol–water partition coefficient (Wildman–Crippen LogP) is 0.689. The zero-order valence-corrected chi connectivity index (χ0v) is 11.9. The Morgan fingerprint density at radius 3 is 2.75 bits per heavy atom. The third kappa shape index (κ3) is 2.30. The van der Waals surface area contributed by atoms with Crippen molar-refractivity contribution in [2.45, 2.75) is 50.4 Å². The monoisotopic (exact) mass is 282 g/mol. The lowest BCUT2D eigenvalue weighted by Crippen LogP contribution is -2.47. The minimum absolute atomic E-state index is 0.0831. The van der Waals surface area contributed by atoms with Crippen LogP contribution < -0.4 is 0 Å². The maximum absolute atomic E-state index is 12.2. The number of carbonyl (C=O) groups excluding carboxylic acids is 1. The molecule has 0 saturated carbocycles. The topological polar surface area (TPSA) is 87.0 Å². The molecule has 1 fully saturated rings. The number of hydrogen-bond acceptors (Lipinski definition) is 5. The molecule has 0 spiro atoms. The molecule has 3 N–H and O–H groups in total. The zero-order valence-electron chi connectivity index (χ0n) is 11.9. The summed E-state index contributed by atoms with van der Waals surface area (Å²) in [6.07, 6.45) is 2.83. The minimum Gasteiger partial charge on any atom is -0.488 e. The number of rotatable bonds is 4. The number of fused-ring (bicyclic) bond motifs is 1. The van der Waals surface area contributed by atoms with Crippen molar-refractivity contribution in [1.82, 2.24) is 0 Å². The summed E-state index contributed by atoms with van der Waals surface area (Å²) in [6.45, 7) is 6.46. The molecule has 5 nitrogen and oxygen atoms in total. The average Bonchev–Trinajstić information content (AvgIpc) is 2.66. The number of carbonyl (C=O) groups is 1. The molecule has 0 aromatic carbocycles. The van der Waals surface area contributed by atoms with Crippen LogP contribution >= 0.6 is 0 Å². The number of hydrogen-bond donors (Lipinski definition) is 3. The van der Waals surface area contributed by atoms with Crippen molar-refractivity contribution >= 4 is 5.78 Å². The molecule has 0 amide bonds. The van der Waals surface area contributed by atoms with Gasteiger partial charge < -0.3 is 20.1 Å². The smallest absolute Gasteiger partial charge is 0.168 e. The number of ketones is 1. The third-order valence-corrected chi connectivity index (χ3v) is 4.29. The highest BCUT2D eigenvalue weighted by atomic mass is 16.5. The van der Waals surface area contributed by atoms with E-state index in [1.807, 2.05) is 0 Å². The van der Waals surface area contributed by atoms with E-state index < -0.39 is 22.7 Å². The van der Waals surface area contributed by atoms with Gasteiger partial charge in [0, 0.05) is 12.5 Å². The van der Waals surface area contributed by atoms with Crippen molar-refractivity contribution in [2.24, 2.45) is 5.41 Å². The van der Waals surface area contributed by atoms with Crippen LogP contribution in [-0.4, -0.2) is 45.0 Å². The van der Waals surface area contributed by atoms with E-state index in [0.29, 0.717) is 6.42 Å². The number of aliphatic hydroxyl groups excluding tert-OH is 1. The SMILES string of the molecule is C=CC[C@]1(CO)C[C@]2(O)C[C@H](C(C)(C)O)OC2=CC1=O. The van der Waals surface area contributed by atoms with Gasteiger partial charge >= 0.3 is 0 Å². The summed E-state index contributed by atoms with van der Waals surface area (Å²) < 4.78 is 5.55. The molecule has 0 aromatic heterocycles. The molecule has 3 atom stereocenters. The van der Waals surface area contributed by atoms with Crippen LogP contribution in [0, 0.1) is 5.41 Å². The summed E-state index contributed by atoms with van der Waals surface area (Å²) in [5.41, 5.74) is -3.47. The Morgan fingerprint density at radius 2 is 2.25 bits per heavy atom. The average molecular weight is 282 g/mol. The van der Waals surface area contributed by atoms with E-state index in [4.69, 9.17) is 4.74 Å². The fourth-order valence-corrected chi connectivity index (χ4v) is 3.00. The lowest BCUT2D eigenvalue weighted by Gasteiger charge is -2.38. The van der Waals surface area contributed by atoms with Crippen LogP contribution in [0.4, 0.5) is 0 Å². The van der Waals surface area contributed by atoms with Crippen LogP contribution in [0.3, 0.4) is 0 Å². The van der Waals surface area contributed by atoms with Gasteiger partial charge in [0.15, 0.2) is 5.78 Å². The van der Waals surface area contributed by atoms with Crippen molar-refractivity contribution in [2.75, 3.05) is 6.61 Å². The fourth-order valence-electron chi connectivity index (χ4n) is 3.00. The van der Waals surface area contributed by atoms with Crippen molar-refractivity contribution in [3.63, 3.8) is 0 Å². The number of allylic oxidation sites excluding steroid dienone is 2. The van der Waals surface area contributed by atoms with E-state index >= 15 is 0 Å². The normalized spacial score (nSPS) is 37.1. The van der Waals surface area contributed by atoms with Gasteiger partial charge in [0.2, 0.25) is 0 Å². The Hall–Kier alpha value is -1.17. The van der Waals surface area contributed by atoms with Gasteiger partial charge in [-0.2, -0.15) is 0 Å². The summed E-state index contributed by atoms with van der Waals surface area (Å²) >= 11 is 0. The van der Waals surface area contributed by atoms with Crippen molar-refractivity contribution in [1.29, 1.82) is 0 Å². The van der Waals surface area contributed by atoms with Crippen LogP contribution in [0.1, 0.15) is 33.1 Å². The molecule has 1 aliphatic heterocycles. The molecule has 0 unspecified atom stereocenters. The molecule has 2 rings (SSSR count).